The van der Waals surface area contributed by atoms with Crippen LogP contribution in [0.15, 0.2) is 66.7 Å². The Balaban J connectivity index is 1.84. The molecule has 0 amide bonds. The number of carboxylic acids is 2. The quantitative estimate of drug-likeness (QED) is 0.631. The zero-order valence-electron chi connectivity index (χ0n) is 15.4. The van der Waals surface area contributed by atoms with E-state index in [9.17, 15) is 14.7 Å². The van der Waals surface area contributed by atoms with E-state index in [1.54, 1.807) is 6.07 Å². The Morgan fingerprint density at radius 3 is 2.14 bits per heavy atom. The van der Waals surface area contributed by atoms with Crippen LogP contribution in [-0.2, 0) is 13.0 Å². The van der Waals surface area contributed by atoms with Gasteiger partial charge >= 0.3 is 11.9 Å². The number of ether oxygens (including phenoxy) is 1. The second-order valence-corrected chi connectivity index (χ2v) is 6.53. The molecule has 0 fully saturated rings. The van der Waals surface area contributed by atoms with Gasteiger partial charge in [0.2, 0.25) is 0 Å². The maximum atomic E-state index is 11.6. The summed E-state index contributed by atoms with van der Waals surface area (Å²) in [4.78, 5) is 22.7. The normalized spacial score (nSPS) is 10.5. The Morgan fingerprint density at radius 1 is 0.821 bits per heavy atom. The van der Waals surface area contributed by atoms with Crippen LogP contribution < -0.4 is 4.74 Å². The van der Waals surface area contributed by atoms with Gasteiger partial charge in [0.25, 0.3) is 0 Å². The summed E-state index contributed by atoms with van der Waals surface area (Å²) in [7, 11) is 0. The topological polar surface area (TPSA) is 83.8 Å². The third-order valence-electron chi connectivity index (χ3n) is 4.50. The third kappa shape index (κ3) is 4.57. The first-order valence-electron chi connectivity index (χ1n) is 8.80. The number of benzene rings is 3. The van der Waals surface area contributed by atoms with Gasteiger partial charge in [0.05, 0.1) is 11.1 Å². The molecule has 3 rings (SSSR count). The van der Waals surface area contributed by atoms with Crippen molar-refractivity contribution in [3.05, 3.63) is 100 Å². The smallest absolute Gasteiger partial charge is 0.336 e. The minimum Gasteiger partial charge on any atom is -0.489 e. The highest BCUT2D eigenvalue weighted by Crippen LogP contribution is 2.21. The molecule has 0 bridgehead atoms. The van der Waals surface area contributed by atoms with Crippen LogP contribution in [0.5, 0.6) is 5.75 Å². The number of carboxylic acid groups (broad SMARTS) is 2. The van der Waals surface area contributed by atoms with Gasteiger partial charge in [-0.1, -0.05) is 48.0 Å². The average molecular weight is 376 g/mol. The lowest BCUT2D eigenvalue weighted by Crippen LogP contribution is -2.08. The standard InChI is InChI=1S/C23H20O5/c1-15-6-10-20(11-7-15)28-14-19-5-3-2-4-16(19)12-17-8-9-18(22(24)25)13-21(17)23(26)27/h2-11,13H,12,14H2,1H3,(H,24,25)(H,26,27). The van der Waals surface area contributed by atoms with E-state index in [4.69, 9.17) is 9.84 Å². The van der Waals surface area contributed by atoms with Gasteiger partial charge in [-0.3, -0.25) is 0 Å². The van der Waals surface area contributed by atoms with Gasteiger partial charge in [0.1, 0.15) is 12.4 Å². The summed E-state index contributed by atoms with van der Waals surface area (Å²) in [5.41, 5.74) is 3.53. The van der Waals surface area contributed by atoms with Crippen LogP contribution in [0, 0.1) is 6.92 Å². The van der Waals surface area contributed by atoms with Crippen LogP contribution in [0.1, 0.15) is 43.0 Å². The number of aromatic carboxylic acids is 2. The van der Waals surface area contributed by atoms with Crippen LogP contribution in [0.25, 0.3) is 0 Å². The maximum absolute atomic E-state index is 11.6. The fraction of sp³-hybridized carbons (Fsp3) is 0.130. The van der Waals surface area contributed by atoms with E-state index in [-0.39, 0.29) is 11.1 Å². The Labute approximate surface area is 162 Å². The molecule has 0 saturated carbocycles. The number of rotatable bonds is 7. The van der Waals surface area contributed by atoms with E-state index in [0.29, 0.717) is 18.6 Å². The second kappa shape index (κ2) is 8.39. The lowest BCUT2D eigenvalue weighted by Gasteiger charge is -2.13. The summed E-state index contributed by atoms with van der Waals surface area (Å²) >= 11 is 0. The van der Waals surface area contributed by atoms with E-state index >= 15 is 0 Å². The van der Waals surface area contributed by atoms with Gasteiger partial charge < -0.3 is 14.9 Å². The molecule has 0 heterocycles. The van der Waals surface area contributed by atoms with Gasteiger partial charge in [0, 0.05) is 0 Å². The molecule has 0 aromatic heterocycles. The predicted molar refractivity (Wildman–Crippen MR) is 105 cm³/mol. The minimum atomic E-state index is -1.15. The summed E-state index contributed by atoms with van der Waals surface area (Å²) in [6, 6.07) is 19.6. The first kappa shape index (κ1) is 19.2. The van der Waals surface area contributed by atoms with Crippen LogP contribution >= 0.6 is 0 Å². The fourth-order valence-corrected chi connectivity index (χ4v) is 2.93. The van der Waals surface area contributed by atoms with Gasteiger partial charge in [-0.2, -0.15) is 0 Å². The van der Waals surface area contributed by atoms with E-state index in [2.05, 4.69) is 0 Å². The van der Waals surface area contributed by atoms with Crippen molar-refractivity contribution in [1.82, 2.24) is 0 Å². The summed E-state index contributed by atoms with van der Waals surface area (Å²) in [5, 5.41) is 18.6. The van der Waals surface area contributed by atoms with Crippen molar-refractivity contribution < 1.29 is 24.5 Å². The van der Waals surface area contributed by atoms with Gasteiger partial charge in [0.15, 0.2) is 0 Å². The number of hydrogen-bond acceptors (Lipinski definition) is 3. The van der Waals surface area contributed by atoms with Gasteiger partial charge in [-0.15, -0.1) is 0 Å². The molecule has 5 nitrogen and oxygen atoms in total. The molecule has 0 atom stereocenters. The molecular formula is C23H20O5. The van der Waals surface area contributed by atoms with E-state index in [1.807, 2.05) is 55.5 Å². The number of aryl methyl sites for hydroxylation is 1. The average Bonchev–Trinajstić information content (AvgIpc) is 2.68. The molecule has 0 unspecified atom stereocenters. The van der Waals surface area contributed by atoms with Crippen LogP contribution in [0.4, 0.5) is 0 Å². The molecule has 142 valence electrons. The predicted octanol–water partition coefficient (Wildman–Crippen LogP) is 4.56. The summed E-state index contributed by atoms with van der Waals surface area (Å²) in [6.45, 7) is 2.36. The van der Waals surface area contributed by atoms with Crippen molar-refractivity contribution in [2.75, 3.05) is 0 Å². The Morgan fingerprint density at radius 2 is 1.50 bits per heavy atom. The zero-order chi connectivity index (χ0) is 20.1. The zero-order valence-corrected chi connectivity index (χ0v) is 15.4. The molecule has 0 aliphatic heterocycles. The molecule has 0 spiro atoms. The first-order chi connectivity index (χ1) is 13.4. The number of carbonyl (C=O) groups is 2. The molecule has 0 aliphatic rings. The molecule has 2 N–H and O–H groups in total. The van der Waals surface area contributed by atoms with E-state index in [1.165, 1.54) is 12.1 Å². The Hall–Kier alpha value is -3.60. The largest absolute Gasteiger partial charge is 0.489 e. The van der Waals surface area contributed by atoms with Crippen molar-refractivity contribution in [2.24, 2.45) is 0 Å². The summed E-state index contributed by atoms with van der Waals surface area (Å²) < 4.78 is 5.86. The SMILES string of the molecule is Cc1ccc(OCc2ccccc2Cc2ccc(C(=O)O)cc2C(=O)O)cc1. The van der Waals surface area contributed by atoms with E-state index < -0.39 is 11.9 Å². The molecule has 0 radical (unpaired) electrons. The molecule has 3 aromatic rings. The highest BCUT2D eigenvalue weighted by Gasteiger charge is 2.15. The molecule has 28 heavy (non-hydrogen) atoms. The fourth-order valence-electron chi connectivity index (χ4n) is 2.93. The minimum absolute atomic E-state index is 0.00541. The molecule has 3 aromatic carbocycles. The van der Waals surface area contributed by atoms with Gasteiger partial charge in [-0.25, -0.2) is 9.59 Å². The first-order valence-corrected chi connectivity index (χ1v) is 8.80. The second-order valence-electron chi connectivity index (χ2n) is 6.53. The highest BCUT2D eigenvalue weighted by molar-refractivity contribution is 5.95. The maximum Gasteiger partial charge on any atom is 0.336 e. The van der Waals surface area contributed by atoms with E-state index in [0.717, 1.165) is 22.4 Å². The van der Waals surface area contributed by atoms with Crippen molar-refractivity contribution >= 4 is 11.9 Å². The molecular weight excluding hydrogens is 356 g/mol. The lowest BCUT2D eigenvalue weighted by atomic mass is 9.95. The Kier molecular flexibility index (Phi) is 5.75. The van der Waals surface area contributed by atoms with Crippen molar-refractivity contribution in [1.29, 1.82) is 0 Å². The highest BCUT2D eigenvalue weighted by atomic mass is 16.5. The molecule has 5 heteroatoms. The van der Waals surface area contributed by atoms with Crippen LogP contribution in [0.2, 0.25) is 0 Å². The van der Waals surface area contributed by atoms with Crippen LogP contribution in [0.3, 0.4) is 0 Å². The Bertz CT molecular complexity index is 1010. The molecule has 0 saturated heterocycles. The van der Waals surface area contributed by atoms with Crippen molar-refractivity contribution in [3.8, 4) is 5.75 Å². The lowest BCUT2D eigenvalue weighted by molar-refractivity contribution is 0.0695. The third-order valence-corrected chi connectivity index (χ3v) is 4.50. The van der Waals surface area contributed by atoms with Crippen LogP contribution in [-0.4, -0.2) is 22.2 Å². The summed E-state index contributed by atoms with van der Waals surface area (Å²) in [5.74, 6) is -1.54. The monoisotopic (exact) mass is 376 g/mol. The van der Waals surface area contributed by atoms with Crippen molar-refractivity contribution in [2.45, 2.75) is 20.0 Å². The molecule has 0 aliphatic carbocycles. The van der Waals surface area contributed by atoms with Gasteiger partial charge in [-0.05, 0) is 54.3 Å². The summed E-state index contributed by atoms with van der Waals surface area (Å²) in [6.07, 6.45) is 0.370. The van der Waals surface area contributed by atoms with Crippen molar-refractivity contribution in [3.63, 3.8) is 0 Å². The number of hydrogen-bond donors (Lipinski definition) is 2.